The molecule has 1 saturated heterocycles. The number of imidazole rings is 1. The lowest BCUT2D eigenvalue weighted by molar-refractivity contribution is -0.135. The number of fused-ring (bicyclic) bond motifs is 1. The summed E-state index contributed by atoms with van der Waals surface area (Å²) in [6, 6.07) is 4.90. The third-order valence-corrected chi connectivity index (χ3v) is 6.25. The van der Waals surface area contributed by atoms with Crippen molar-refractivity contribution in [2.75, 3.05) is 59.4 Å². The van der Waals surface area contributed by atoms with E-state index in [4.69, 9.17) is 23.7 Å². The highest BCUT2D eigenvalue weighted by Crippen LogP contribution is 2.25. The number of ether oxygens (including phenoxy) is 5. The number of aromatic nitrogens is 2. The number of rotatable bonds is 16. The van der Waals surface area contributed by atoms with E-state index in [0.29, 0.717) is 77.8 Å². The zero-order valence-electron chi connectivity index (χ0n) is 24.4. The predicted molar refractivity (Wildman–Crippen MR) is 150 cm³/mol. The van der Waals surface area contributed by atoms with Gasteiger partial charge >= 0.3 is 11.8 Å². The fourth-order valence-electron chi connectivity index (χ4n) is 4.43. The zero-order valence-corrected chi connectivity index (χ0v) is 24.4. The minimum Gasteiger partial charge on any atom is -0.444 e. The van der Waals surface area contributed by atoms with Gasteiger partial charge in [-0.25, -0.2) is 9.59 Å². The van der Waals surface area contributed by atoms with Gasteiger partial charge in [0.1, 0.15) is 11.6 Å². The van der Waals surface area contributed by atoms with Gasteiger partial charge in [0, 0.05) is 20.0 Å². The molecular formula is C28H42N4O9. The molecule has 1 atom stereocenters. The molecule has 0 radical (unpaired) electrons. The van der Waals surface area contributed by atoms with E-state index in [-0.39, 0.29) is 18.0 Å². The van der Waals surface area contributed by atoms with Crippen molar-refractivity contribution in [3.05, 3.63) is 34.2 Å². The Morgan fingerprint density at radius 2 is 1.56 bits per heavy atom. The second-order valence-electron chi connectivity index (χ2n) is 10.6. The lowest BCUT2D eigenvalue weighted by Crippen LogP contribution is -2.44. The summed E-state index contributed by atoms with van der Waals surface area (Å²) in [5.74, 6) is -0.769. The molecule has 3 amide bonds. The monoisotopic (exact) mass is 578 g/mol. The van der Waals surface area contributed by atoms with Crippen molar-refractivity contribution in [2.45, 2.75) is 51.7 Å². The molecule has 1 aliphatic rings. The first kappa shape index (κ1) is 32.3. The van der Waals surface area contributed by atoms with E-state index < -0.39 is 23.6 Å². The molecule has 2 heterocycles. The van der Waals surface area contributed by atoms with Crippen LogP contribution in [-0.4, -0.2) is 92.0 Å². The topological polar surface area (TPSA) is 148 Å². The molecule has 1 fully saturated rings. The molecule has 228 valence electrons. The minimum absolute atomic E-state index is 0.200. The Labute approximate surface area is 239 Å². The van der Waals surface area contributed by atoms with Crippen LogP contribution in [0.25, 0.3) is 11.0 Å². The van der Waals surface area contributed by atoms with Crippen LogP contribution in [0.4, 0.5) is 4.79 Å². The summed E-state index contributed by atoms with van der Waals surface area (Å²) in [6.07, 6.45) is 0.613. The van der Waals surface area contributed by atoms with Gasteiger partial charge in [0.25, 0.3) is 0 Å². The van der Waals surface area contributed by atoms with Crippen molar-refractivity contribution in [2.24, 2.45) is 7.05 Å². The van der Waals surface area contributed by atoms with E-state index in [1.807, 2.05) is 18.2 Å². The van der Waals surface area contributed by atoms with Gasteiger partial charge in [0.05, 0.1) is 63.9 Å². The number of nitrogens with one attached hydrogen (secondary N) is 2. The Kier molecular flexibility index (Phi) is 12.3. The summed E-state index contributed by atoms with van der Waals surface area (Å²) in [4.78, 5) is 48.5. The zero-order chi connectivity index (χ0) is 29.8. The largest absolute Gasteiger partial charge is 0.444 e. The Hall–Kier alpha value is -3.26. The Morgan fingerprint density at radius 1 is 0.951 bits per heavy atom. The van der Waals surface area contributed by atoms with Gasteiger partial charge in [0.15, 0.2) is 0 Å². The third-order valence-electron chi connectivity index (χ3n) is 6.25. The highest BCUT2D eigenvalue weighted by Gasteiger charge is 2.31. The van der Waals surface area contributed by atoms with E-state index in [2.05, 4.69) is 10.6 Å². The van der Waals surface area contributed by atoms with Crippen molar-refractivity contribution in [3.63, 3.8) is 0 Å². The summed E-state index contributed by atoms with van der Waals surface area (Å²) in [5, 5.41) is 4.95. The number of imide groups is 1. The van der Waals surface area contributed by atoms with Crippen LogP contribution >= 0.6 is 0 Å². The van der Waals surface area contributed by atoms with E-state index in [1.54, 1.807) is 32.4 Å². The molecule has 2 aromatic rings. The molecule has 41 heavy (non-hydrogen) atoms. The first-order chi connectivity index (χ1) is 19.6. The Balaban J connectivity index is 1.26. The molecular weight excluding hydrogens is 536 g/mol. The number of carbonyl (C=O) groups is 3. The predicted octanol–water partition coefficient (Wildman–Crippen LogP) is 1.45. The average Bonchev–Trinajstić information content (AvgIpc) is 3.15. The van der Waals surface area contributed by atoms with Gasteiger partial charge in [-0.3, -0.25) is 24.0 Å². The molecule has 1 unspecified atom stereocenters. The number of alkyl carbamates (subject to hydrolysis) is 1. The Morgan fingerprint density at radius 3 is 2.17 bits per heavy atom. The number of hydrogen-bond donors (Lipinski definition) is 2. The number of benzene rings is 1. The fraction of sp³-hybridized carbons (Fsp3) is 0.643. The molecule has 1 aromatic heterocycles. The lowest BCUT2D eigenvalue weighted by atomic mass is 10.1. The molecule has 1 aliphatic heterocycles. The quantitative estimate of drug-likeness (QED) is 0.223. The maximum atomic E-state index is 13.0. The maximum absolute atomic E-state index is 13.0. The Bertz CT molecular complexity index is 1230. The standard InChI is InChI=1S/C28H42N4O9/c1-28(2,3)41-26(35)29-11-13-38-15-17-40-19-18-39-16-14-37-12-10-20-6-5-7-21-24(20)31(4)27(36)32(21)22-8-9-23(33)30-25(22)34/h5-7,22H,8-19H2,1-4H3,(H,29,35)(H,30,33,34). The fourth-order valence-corrected chi connectivity index (χ4v) is 4.43. The summed E-state index contributed by atoms with van der Waals surface area (Å²) >= 11 is 0. The molecule has 0 bridgehead atoms. The first-order valence-corrected chi connectivity index (χ1v) is 13.9. The molecule has 0 spiro atoms. The van der Waals surface area contributed by atoms with E-state index in [0.717, 1.165) is 11.1 Å². The van der Waals surface area contributed by atoms with Crippen molar-refractivity contribution >= 4 is 28.9 Å². The first-order valence-electron chi connectivity index (χ1n) is 13.9. The number of carbonyl (C=O) groups excluding carboxylic acids is 3. The number of aryl methyl sites for hydroxylation is 1. The number of nitrogens with zero attached hydrogens (tertiary/aromatic N) is 2. The van der Waals surface area contributed by atoms with Crippen LogP contribution < -0.4 is 16.3 Å². The highest BCUT2D eigenvalue weighted by molar-refractivity contribution is 6.00. The van der Waals surface area contributed by atoms with Gasteiger partial charge in [-0.05, 0) is 45.2 Å². The van der Waals surface area contributed by atoms with Crippen molar-refractivity contribution in [1.29, 1.82) is 0 Å². The van der Waals surface area contributed by atoms with Crippen LogP contribution in [0.1, 0.15) is 45.2 Å². The minimum atomic E-state index is -0.711. The molecule has 13 nitrogen and oxygen atoms in total. The third kappa shape index (κ3) is 9.95. The summed E-state index contributed by atoms with van der Waals surface area (Å²) < 4.78 is 30.3. The van der Waals surface area contributed by atoms with E-state index >= 15 is 0 Å². The second kappa shape index (κ2) is 15.7. The van der Waals surface area contributed by atoms with Crippen LogP contribution in [0.3, 0.4) is 0 Å². The van der Waals surface area contributed by atoms with Crippen LogP contribution in [0.2, 0.25) is 0 Å². The number of para-hydroxylation sites is 1. The van der Waals surface area contributed by atoms with Crippen molar-refractivity contribution in [1.82, 2.24) is 19.8 Å². The SMILES string of the molecule is Cn1c(=O)n(C2CCC(=O)NC2=O)c2cccc(CCOCCOCCOCCOCCNC(=O)OC(C)(C)C)c21. The maximum Gasteiger partial charge on any atom is 0.407 e. The number of hydrogen-bond acceptors (Lipinski definition) is 9. The molecule has 3 rings (SSSR count). The van der Waals surface area contributed by atoms with E-state index in [1.165, 1.54) is 4.57 Å². The van der Waals surface area contributed by atoms with Gasteiger partial charge in [-0.2, -0.15) is 0 Å². The smallest absolute Gasteiger partial charge is 0.407 e. The highest BCUT2D eigenvalue weighted by atomic mass is 16.6. The average molecular weight is 579 g/mol. The van der Waals surface area contributed by atoms with Gasteiger partial charge in [-0.1, -0.05) is 12.1 Å². The van der Waals surface area contributed by atoms with Crippen LogP contribution in [-0.2, 0) is 46.7 Å². The van der Waals surface area contributed by atoms with Gasteiger partial charge in [-0.15, -0.1) is 0 Å². The summed E-state index contributed by atoms with van der Waals surface area (Å²) in [7, 11) is 1.68. The summed E-state index contributed by atoms with van der Waals surface area (Å²) in [5.41, 5.74) is 1.53. The van der Waals surface area contributed by atoms with E-state index in [9.17, 15) is 19.2 Å². The summed E-state index contributed by atoms with van der Waals surface area (Å²) in [6.45, 7) is 9.12. The molecule has 0 saturated carbocycles. The molecule has 2 N–H and O–H groups in total. The van der Waals surface area contributed by atoms with Crippen molar-refractivity contribution < 1.29 is 38.1 Å². The number of piperidine rings is 1. The van der Waals surface area contributed by atoms with Crippen molar-refractivity contribution in [3.8, 4) is 0 Å². The normalized spacial score (nSPS) is 15.8. The van der Waals surface area contributed by atoms with Gasteiger partial charge < -0.3 is 29.0 Å². The number of amides is 3. The molecule has 13 heteroatoms. The van der Waals surface area contributed by atoms with Crippen LogP contribution in [0.15, 0.2) is 23.0 Å². The van der Waals surface area contributed by atoms with Gasteiger partial charge in [0.2, 0.25) is 11.8 Å². The van der Waals surface area contributed by atoms with Crippen LogP contribution in [0, 0.1) is 0 Å². The van der Waals surface area contributed by atoms with Crippen LogP contribution in [0.5, 0.6) is 0 Å². The molecule has 0 aliphatic carbocycles. The lowest BCUT2D eigenvalue weighted by Gasteiger charge is -2.21. The second-order valence-corrected chi connectivity index (χ2v) is 10.6. The molecule has 1 aromatic carbocycles.